The largest absolute Gasteiger partial charge is 0.416 e. The Labute approximate surface area is 224 Å². The van der Waals surface area contributed by atoms with Gasteiger partial charge in [-0.1, -0.05) is 30.3 Å². The van der Waals surface area contributed by atoms with Gasteiger partial charge >= 0.3 is 6.18 Å². The van der Waals surface area contributed by atoms with Gasteiger partial charge in [0.25, 0.3) is 11.8 Å². The van der Waals surface area contributed by atoms with Crippen LogP contribution in [0.5, 0.6) is 0 Å². The van der Waals surface area contributed by atoms with Crippen molar-refractivity contribution in [2.24, 2.45) is 13.0 Å². The van der Waals surface area contributed by atoms with Crippen molar-refractivity contribution in [3.8, 4) is 11.3 Å². The number of nitrogens with zero attached hydrogens (tertiary/aromatic N) is 3. The van der Waals surface area contributed by atoms with Crippen molar-refractivity contribution in [1.82, 2.24) is 14.7 Å². The summed E-state index contributed by atoms with van der Waals surface area (Å²) in [5.41, 5.74) is 0.194. The number of amides is 2. The molecule has 0 fully saturated rings. The molecule has 5 rings (SSSR count). The fraction of sp³-hybridized carbons (Fsp3) is 0.214. The van der Waals surface area contributed by atoms with Crippen LogP contribution >= 0.6 is 11.3 Å². The van der Waals surface area contributed by atoms with Gasteiger partial charge in [0.2, 0.25) is 0 Å². The summed E-state index contributed by atoms with van der Waals surface area (Å²) in [5.74, 6) is -2.85. The Balaban J connectivity index is 1.44. The lowest BCUT2D eigenvalue weighted by molar-refractivity contribution is -0.138. The van der Waals surface area contributed by atoms with Crippen molar-refractivity contribution in [3.05, 3.63) is 99.1 Å². The van der Waals surface area contributed by atoms with Crippen LogP contribution in [0, 0.1) is 11.7 Å². The Bertz CT molecular complexity index is 1540. The van der Waals surface area contributed by atoms with E-state index in [0.717, 1.165) is 28.5 Å². The topological polar surface area (TPSA) is 72.3 Å². The van der Waals surface area contributed by atoms with Gasteiger partial charge in [-0.2, -0.15) is 18.3 Å². The fourth-order valence-corrected chi connectivity index (χ4v) is 5.70. The van der Waals surface area contributed by atoms with Gasteiger partial charge in [0.1, 0.15) is 5.69 Å². The molecule has 0 bridgehead atoms. The molecule has 39 heavy (non-hydrogen) atoms. The monoisotopic (exact) mass is 555 g/mol. The van der Waals surface area contributed by atoms with Gasteiger partial charge in [0.05, 0.1) is 27.8 Å². The lowest BCUT2D eigenvalue weighted by atomic mass is 9.90. The van der Waals surface area contributed by atoms with E-state index in [0.29, 0.717) is 5.56 Å². The van der Waals surface area contributed by atoms with Gasteiger partial charge in [-0.15, -0.1) is 11.3 Å². The number of Topliss-reactive ketones (excluding diaryl/α,β-unsaturated/α-hetero) is 1. The number of imide groups is 1. The molecule has 200 valence electrons. The Kier molecular flexibility index (Phi) is 6.94. The van der Waals surface area contributed by atoms with Crippen LogP contribution in [0.4, 0.5) is 17.6 Å². The summed E-state index contributed by atoms with van der Waals surface area (Å²) in [4.78, 5) is 40.5. The van der Waals surface area contributed by atoms with E-state index < -0.39 is 35.3 Å². The molecule has 0 aliphatic carbocycles. The van der Waals surface area contributed by atoms with Gasteiger partial charge in [0.15, 0.2) is 11.6 Å². The minimum absolute atomic E-state index is 0.0387. The molecule has 0 saturated carbocycles. The molecule has 11 heteroatoms. The number of aryl methyl sites for hydroxylation is 1. The molecule has 1 aliphatic heterocycles. The second-order valence-corrected chi connectivity index (χ2v) is 10.2. The van der Waals surface area contributed by atoms with E-state index in [1.54, 1.807) is 24.6 Å². The number of ketones is 1. The summed E-state index contributed by atoms with van der Waals surface area (Å²) < 4.78 is 56.7. The molecule has 0 N–H and O–H groups in total. The summed E-state index contributed by atoms with van der Waals surface area (Å²) in [6.07, 6.45) is -3.97. The Morgan fingerprint density at radius 1 is 1.03 bits per heavy atom. The third-order valence-electron chi connectivity index (χ3n) is 6.67. The first-order valence-electron chi connectivity index (χ1n) is 11.9. The van der Waals surface area contributed by atoms with E-state index in [2.05, 4.69) is 5.10 Å². The normalized spacial score (nSPS) is 14.1. The number of hydrogen-bond acceptors (Lipinski definition) is 5. The van der Waals surface area contributed by atoms with Crippen molar-refractivity contribution in [1.29, 1.82) is 0 Å². The highest BCUT2D eigenvalue weighted by atomic mass is 32.1. The molecule has 1 aliphatic rings. The molecule has 4 aromatic rings. The molecule has 0 spiro atoms. The quantitative estimate of drug-likeness (QED) is 0.151. The number of hydrogen-bond donors (Lipinski definition) is 0. The van der Waals surface area contributed by atoms with Crippen molar-refractivity contribution in [2.75, 3.05) is 6.54 Å². The summed E-state index contributed by atoms with van der Waals surface area (Å²) >= 11 is 1.08. The van der Waals surface area contributed by atoms with Gasteiger partial charge in [-0.3, -0.25) is 24.0 Å². The first-order valence-corrected chi connectivity index (χ1v) is 12.8. The number of benzene rings is 2. The number of alkyl halides is 3. The van der Waals surface area contributed by atoms with E-state index >= 15 is 0 Å². The van der Waals surface area contributed by atoms with Gasteiger partial charge < -0.3 is 0 Å². The first-order chi connectivity index (χ1) is 18.5. The third kappa shape index (κ3) is 5.14. The average Bonchev–Trinajstić information content (AvgIpc) is 3.57. The van der Waals surface area contributed by atoms with Crippen molar-refractivity contribution < 1.29 is 31.9 Å². The minimum atomic E-state index is -4.61. The number of fused-ring (bicyclic) bond motifs is 1. The van der Waals surface area contributed by atoms with Crippen LogP contribution in [0.2, 0.25) is 0 Å². The maximum atomic E-state index is 14.2. The molecule has 2 amide bonds. The zero-order chi connectivity index (χ0) is 27.9. The number of halogens is 4. The molecule has 6 nitrogen and oxygen atoms in total. The Morgan fingerprint density at radius 3 is 2.28 bits per heavy atom. The van der Waals surface area contributed by atoms with Crippen LogP contribution in [0.3, 0.4) is 0 Å². The summed E-state index contributed by atoms with van der Waals surface area (Å²) in [6, 6.07) is 12.8. The van der Waals surface area contributed by atoms with Crippen LogP contribution < -0.4 is 0 Å². The average molecular weight is 556 g/mol. The highest BCUT2D eigenvalue weighted by Crippen LogP contribution is 2.35. The SMILES string of the molecule is Cn1ncc(F)c1-c1csc(C(=O)C[C@@H](Cc2ccccc2C(F)(F)F)CN2C(=O)c3ccccc3C2=O)c1. The molecular formula is C28H21F4N3O3S. The van der Waals surface area contributed by atoms with E-state index in [1.807, 2.05) is 0 Å². The number of aromatic nitrogens is 2. The lowest BCUT2D eigenvalue weighted by Crippen LogP contribution is -2.36. The molecule has 3 heterocycles. The van der Waals surface area contributed by atoms with Gasteiger partial charge in [-0.05, 0) is 42.2 Å². The molecule has 0 radical (unpaired) electrons. The van der Waals surface area contributed by atoms with Crippen LogP contribution in [0.25, 0.3) is 11.3 Å². The number of carbonyl (C=O) groups excluding carboxylic acids is 3. The molecule has 0 saturated heterocycles. The third-order valence-corrected chi connectivity index (χ3v) is 7.64. The Hall–Kier alpha value is -4.12. The standard InChI is InChI=1S/C28H21F4N3O3S/c1-34-25(22(29)13-33-34)18-12-24(39-15-18)23(36)11-16(10-17-6-2-5-9-21(17)28(30,31)32)14-35-26(37)19-7-3-4-8-20(19)27(35)38/h2-9,12-13,15-16H,10-11,14H2,1H3/t16-/m1/s1. The smallest absolute Gasteiger partial charge is 0.293 e. The molecule has 0 unspecified atom stereocenters. The Morgan fingerprint density at radius 2 is 1.67 bits per heavy atom. The predicted octanol–water partition coefficient (Wildman–Crippen LogP) is 6.03. The maximum absolute atomic E-state index is 14.2. The minimum Gasteiger partial charge on any atom is -0.293 e. The summed E-state index contributed by atoms with van der Waals surface area (Å²) in [5, 5.41) is 5.46. The number of thiophene rings is 1. The van der Waals surface area contributed by atoms with E-state index in [9.17, 15) is 31.9 Å². The van der Waals surface area contributed by atoms with Gasteiger partial charge in [0, 0.05) is 31.0 Å². The molecule has 2 aromatic heterocycles. The summed E-state index contributed by atoms with van der Waals surface area (Å²) in [6.45, 7) is -0.237. The molecular weight excluding hydrogens is 534 g/mol. The molecule has 1 atom stereocenters. The zero-order valence-electron chi connectivity index (χ0n) is 20.5. The van der Waals surface area contributed by atoms with Crippen LogP contribution in [-0.4, -0.2) is 38.8 Å². The van der Waals surface area contributed by atoms with Gasteiger partial charge in [-0.25, -0.2) is 4.39 Å². The van der Waals surface area contributed by atoms with Crippen LogP contribution in [0.15, 0.2) is 66.2 Å². The first kappa shape index (κ1) is 26.5. The second kappa shape index (κ2) is 10.2. The zero-order valence-corrected chi connectivity index (χ0v) is 21.4. The maximum Gasteiger partial charge on any atom is 0.416 e. The fourth-order valence-electron chi connectivity index (χ4n) is 4.86. The van der Waals surface area contributed by atoms with Crippen LogP contribution in [-0.2, 0) is 19.6 Å². The lowest BCUT2D eigenvalue weighted by Gasteiger charge is -2.23. The van der Waals surface area contributed by atoms with E-state index in [-0.39, 0.29) is 52.4 Å². The van der Waals surface area contributed by atoms with Crippen molar-refractivity contribution in [2.45, 2.75) is 19.0 Å². The second-order valence-electron chi connectivity index (χ2n) is 9.28. The summed E-state index contributed by atoms with van der Waals surface area (Å²) in [7, 11) is 1.56. The number of carbonyl (C=O) groups is 3. The highest BCUT2D eigenvalue weighted by Gasteiger charge is 2.38. The highest BCUT2D eigenvalue weighted by molar-refractivity contribution is 7.12. The van der Waals surface area contributed by atoms with Crippen molar-refractivity contribution in [3.63, 3.8) is 0 Å². The van der Waals surface area contributed by atoms with Crippen LogP contribution in [0.1, 0.15) is 47.9 Å². The van der Waals surface area contributed by atoms with E-state index in [4.69, 9.17) is 0 Å². The predicted molar refractivity (Wildman–Crippen MR) is 136 cm³/mol. The van der Waals surface area contributed by atoms with Crippen molar-refractivity contribution >= 4 is 28.9 Å². The number of rotatable bonds is 8. The van der Waals surface area contributed by atoms with E-state index in [1.165, 1.54) is 41.1 Å². The molecule has 2 aromatic carbocycles.